The van der Waals surface area contributed by atoms with Crippen molar-refractivity contribution in [3.8, 4) is 0 Å². The number of carbonyl (C=O) groups is 1. The Balaban J connectivity index is 1.59. The summed E-state index contributed by atoms with van der Waals surface area (Å²) in [5.41, 5.74) is 2.52. The van der Waals surface area contributed by atoms with Gasteiger partial charge in [-0.2, -0.15) is 0 Å². The van der Waals surface area contributed by atoms with E-state index in [0.29, 0.717) is 23.1 Å². The molecular weight excluding hydrogens is 280 g/mol. The molecule has 6 nitrogen and oxygen atoms in total. The Morgan fingerprint density at radius 3 is 2.91 bits per heavy atom. The highest BCUT2D eigenvalue weighted by Gasteiger charge is 2.28. The quantitative estimate of drug-likeness (QED) is 0.803. The highest BCUT2D eigenvalue weighted by atomic mass is 16.3. The van der Waals surface area contributed by atoms with Crippen LogP contribution in [0, 0.1) is 6.92 Å². The molecule has 0 saturated heterocycles. The van der Waals surface area contributed by atoms with Crippen molar-refractivity contribution < 1.29 is 9.21 Å². The van der Waals surface area contributed by atoms with Crippen LogP contribution >= 0.6 is 0 Å². The summed E-state index contributed by atoms with van der Waals surface area (Å²) in [6.07, 6.45) is 3.85. The Morgan fingerprint density at radius 2 is 2.14 bits per heavy atom. The van der Waals surface area contributed by atoms with E-state index in [0.717, 1.165) is 29.8 Å². The van der Waals surface area contributed by atoms with Crippen LogP contribution < -0.4 is 5.32 Å². The second-order valence-electron chi connectivity index (χ2n) is 5.45. The molecule has 1 fully saturated rings. The number of hydrogen-bond acceptors (Lipinski definition) is 5. The van der Waals surface area contributed by atoms with Crippen LogP contribution in [0.25, 0.3) is 11.1 Å². The molecule has 0 aliphatic heterocycles. The Morgan fingerprint density at radius 1 is 1.27 bits per heavy atom. The molecule has 0 radical (unpaired) electrons. The van der Waals surface area contributed by atoms with Gasteiger partial charge in [-0.25, -0.2) is 15.0 Å². The lowest BCUT2D eigenvalue weighted by Gasteiger charge is -2.04. The second kappa shape index (κ2) is 4.91. The number of anilines is 1. The average Bonchev–Trinajstić information content (AvgIpc) is 3.27. The Bertz CT molecular complexity index is 867. The molecule has 3 aromatic rings. The van der Waals surface area contributed by atoms with E-state index in [-0.39, 0.29) is 5.91 Å². The summed E-state index contributed by atoms with van der Waals surface area (Å²) in [7, 11) is 0. The molecule has 22 heavy (non-hydrogen) atoms. The fraction of sp³-hybridized carbons (Fsp3) is 0.250. The Labute approximate surface area is 126 Å². The number of benzene rings is 1. The van der Waals surface area contributed by atoms with Crippen LogP contribution in [0.15, 0.2) is 34.9 Å². The molecular formula is C16H14N4O2. The van der Waals surface area contributed by atoms with Crippen molar-refractivity contribution >= 4 is 22.7 Å². The minimum absolute atomic E-state index is 0.268. The lowest BCUT2D eigenvalue weighted by molar-refractivity contribution is 0.102. The predicted octanol–water partition coefficient (Wildman–Crippen LogP) is 3.06. The molecule has 1 amide bonds. The number of aryl methyl sites for hydroxylation is 1. The van der Waals surface area contributed by atoms with Crippen molar-refractivity contribution in [2.75, 3.05) is 5.32 Å². The molecule has 2 heterocycles. The summed E-state index contributed by atoms with van der Waals surface area (Å²) in [4.78, 5) is 24.8. The Hall–Kier alpha value is -2.76. The van der Waals surface area contributed by atoms with Crippen LogP contribution in [0.5, 0.6) is 0 Å². The van der Waals surface area contributed by atoms with Crippen LogP contribution in [0.3, 0.4) is 0 Å². The van der Waals surface area contributed by atoms with Gasteiger partial charge in [-0.1, -0.05) is 0 Å². The summed E-state index contributed by atoms with van der Waals surface area (Å²) in [5.74, 6) is 1.56. The summed E-state index contributed by atoms with van der Waals surface area (Å²) in [5, 5.41) is 2.82. The first-order valence-electron chi connectivity index (χ1n) is 7.20. The highest BCUT2D eigenvalue weighted by molar-refractivity contribution is 6.03. The molecule has 1 aliphatic carbocycles. The number of nitrogens with zero attached hydrogens (tertiary/aromatic N) is 3. The van der Waals surface area contributed by atoms with Crippen molar-refractivity contribution in [2.24, 2.45) is 0 Å². The molecule has 6 heteroatoms. The minimum atomic E-state index is -0.268. The zero-order valence-electron chi connectivity index (χ0n) is 12.0. The van der Waals surface area contributed by atoms with E-state index in [1.165, 1.54) is 0 Å². The molecule has 4 rings (SSSR count). The molecule has 1 N–H and O–H groups in total. The van der Waals surface area contributed by atoms with Crippen LogP contribution in [-0.4, -0.2) is 20.9 Å². The van der Waals surface area contributed by atoms with Crippen molar-refractivity contribution in [1.82, 2.24) is 15.0 Å². The summed E-state index contributed by atoms with van der Waals surface area (Å²) in [6.45, 7) is 1.75. The average molecular weight is 294 g/mol. The molecule has 0 unspecified atom stereocenters. The monoisotopic (exact) mass is 294 g/mol. The van der Waals surface area contributed by atoms with E-state index >= 15 is 0 Å². The number of carbonyl (C=O) groups excluding carboxylic acids is 1. The summed E-state index contributed by atoms with van der Waals surface area (Å²) in [6, 6.07) is 7.03. The van der Waals surface area contributed by atoms with E-state index in [1.54, 1.807) is 25.3 Å². The maximum absolute atomic E-state index is 12.2. The topological polar surface area (TPSA) is 80.9 Å². The number of nitrogens with one attached hydrogen (secondary N) is 1. The fourth-order valence-corrected chi connectivity index (χ4v) is 2.31. The van der Waals surface area contributed by atoms with Crippen molar-refractivity contribution in [3.63, 3.8) is 0 Å². The third-order valence-corrected chi connectivity index (χ3v) is 3.60. The summed E-state index contributed by atoms with van der Waals surface area (Å²) >= 11 is 0. The van der Waals surface area contributed by atoms with Crippen LogP contribution in [0.4, 0.5) is 5.69 Å². The standard InChI is InChI=1S/C16H14N4O2/c1-9-17-7-6-12(18-9)15(21)19-11-4-5-14-13(8-11)20-16(22-14)10-2-3-10/h4-8,10H,2-3H2,1H3,(H,19,21). The van der Waals surface area contributed by atoms with E-state index in [9.17, 15) is 4.79 Å². The van der Waals surface area contributed by atoms with Gasteiger partial charge in [0.25, 0.3) is 5.91 Å². The number of amides is 1. The molecule has 110 valence electrons. The lowest BCUT2D eigenvalue weighted by Crippen LogP contribution is -2.14. The molecule has 1 aromatic carbocycles. The first kappa shape index (κ1) is 12.9. The van der Waals surface area contributed by atoms with Crippen molar-refractivity contribution in [1.29, 1.82) is 0 Å². The van der Waals surface area contributed by atoms with Crippen LogP contribution in [0.1, 0.15) is 41.0 Å². The van der Waals surface area contributed by atoms with Crippen LogP contribution in [0.2, 0.25) is 0 Å². The summed E-state index contributed by atoms with van der Waals surface area (Å²) < 4.78 is 5.71. The third-order valence-electron chi connectivity index (χ3n) is 3.60. The number of oxazole rings is 1. The van der Waals surface area contributed by atoms with Gasteiger partial charge in [0.15, 0.2) is 11.5 Å². The fourth-order valence-electron chi connectivity index (χ4n) is 2.31. The highest BCUT2D eigenvalue weighted by Crippen LogP contribution is 2.40. The molecule has 0 spiro atoms. The van der Waals surface area contributed by atoms with Gasteiger partial charge in [-0.05, 0) is 44.0 Å². The van der Waals surface area contributed by atoms with Gasteiger partial charge in [0.1, 0.15) is 17.0 Å². The first-order chi connectivity index (χ1) is 10.7. The van der Waals surface area contributed by atoms with E-state index in [4.69, 9.17) is 4.42 Å². The number of fused-ring (bicyclic) bond motifs is 1. The van der Waals surface area contributed by atoms with Gasteiger partial charge in [-0.3, -0.25) is 4.79 Å². The molecule has 0 bridgehead atoms. The molecule has 2 aromatic heterocycles. The minimum Gasteiger partial charge on any atom is -0.440 e. The first-order valence-corrected chi connectivity index (χ1v) is 7.20. The van der Waals surface area contributed by atoms with E-state index < -0.39 is 0 Å². The largest absolute Gasteiger partial charge is 0.440 e. The van der Waals surface area contributed by atoms with Gasteiger partial charge < -0.3 is 9.73 Å². The Kier molecular flexibility index (Phi) is 2.89. The molecule has 1 aliphatic rings. The zero-order chi connectivity index (χ0) is 15.1. The maximum Gasteiger partial charge on any atom is 0.274 e. The number of rotatable bonds is 3. The SMILES string of the molecule is Cc1nccc(C(=O)Nc2ccc3oc(C4CC4)nc3c2)n1. The van der Waals surface area contributed by atoms with Crippen molar-refractivity contribution in [3.05, 3.63) is 47.9 Å². The third kappa shape index (κ3) is 2.43. The normalized spacial score (nSPS) is 14.2. The smallest absolute Gasteiger partial charge is 0.274 e. The maximum atomic E-state index is 12.2. The van der Waals surface area contributed by atoms with Gasteiger partial charge in [0.2, 0.25) is 0 Å². The second-order valence-corrected chi connectivity index (χ2v) is 5.45. The van der Waals surface area contributed by atoms with E-state index in [2.05, 4.69) is 20.3 Å². The number of aromatic nitrogens is 3. The zero-order valence-corrected chi connectivity index (χ0v) is 12.0. The van der Waals surface area contributed by atoms with Gasteiger partial charge in [0, 0.05) is 17.8 Å². The van der Waals surface area contributed by atoms with Gasteiger partial charge in [0.05, 0.1) is 0 Å². The lowest BCUT2D eigenvalue weighted by atomic mass is 10.2. The molecule has 1 saturated carbocycles. The van der Waals surface area contributed by atoms with Gasteiger partial charge in [-0.15, -0.1) is 0 Å². The predicted molar refractivity (Wildman–Crippen MR) is 80.7 cm³/mol. The van der Waals surface area contributed by atoms with Gasteiger partial charge >= 0.3 is 0 Å². The van der Waals surface area contributed by atoms with Crippen molar-refractivity contribution in [2.45, 2.75) is 25.7 Å². The molecule has 0 atom stereocenters. The van der Waals surface area contributed by atoms with Crippen LogP contribution in [-0.2, 0) is 0 Å². The number of hydrogen-bond donors (Lipinski definition) is 1. The van der Waals surface area contributed by atoms with E-state index in [1.807, 2.05) is 12.1 Å².